The normalized spacial score (nSPS) is 24.8. The molecule has 2 aliphatic heterocycles. The van der Waals surface area contributed by atoms with Gasteiger partial charge in [0.25, 0.3) is 0 Å². The average molecular weight is 509 g/mol. The van der Waals surface area contributed by atoms with Crippen LogP contribution in [0.3, 0.4) is 0 Å². The van der Waals surface area contributed by atoms with Crippen molar-refractivity contribution in [2.24, 2.45) is 11.3 Å². The lowest BCUT2D eigenvalue weighted by atomic mass is 9.71. The maximum Gasteiger partial charge on any atom is 0.410 e. The zero-order chi connectivity index (χ0) is 26.8. The van der Waals surface area contributed by atoms with E-state index in [0.29, 0.717) is 38.3 Å². The van der Waals surface area contributed by atoms with Crippen LogP contribution >= 0.6 is 0 Å². The molecule has 9 heteroatoms. The number of rotatable bonds is 6. The van der Waals surface area contributed by atoms with Gasteiger partial charge in [-0.15, -0.1) is 6.58 Å². The van der Waals surface area contributed by atoms with Crippen LogP contribution in [-0.4, -0.2) is 64.7 Å². The molecule has 0 unspecified atom stereocenters. The van der Waals surface area contributed by atoms with Gasteiger partial charge >= 0.3 is 12.2 Å². The summed E-state index contributed by atoms with van der Waals surface area (Å²) in [7, 11) is 0. The Morgan fingerprint density at radius 3 is 2.49 bits per heavy atom. The number of hydrogen-bond acceptors (Lipinski definition) is 6. The first-order chi connectivity index (χ1) is 17.6. The molecule has 3 amide bonds. The molecule has 2 heterocycles. The van der Waals surface area contributed by atoms with Gasteiger partial charge < -0.3 is 24.6 Å². The number of fused-ring (bicyclic) bond motifs is 1. The van der Waals surface area contributed by atoms with Crippen LogP contribution in [0.5, 0.6) is 0 Å². The molecule has 1 aromatic carbocycles. The van der Waals surface area contributed by atoms with Crippen molar-refractivity contribution >= 4 is 18.1 Å². The Kier molecular flexibility index (Phi) is 7.49. The molecule has 0 spiro atoms. The first-order valence-corrected chi connectivity index (χ1v) is 12.9. The Bertz CT molecular complexity index is 1070. The van der Waals surface area contributed by atoms with Crippen molar-refractivity contribution in [2.45, 2.75) is 76.8 Å². The van der Waals surface area contributed by atoms with Gasteiger partial charge in [-0.3, -0.25) is 4.79 Å². The van der Waals surface area contributed by atoms with Gasteiger partial charge in [0.15, 0.2) is 0 Å². The highest BCUT2D eigenvalue weighted by molar-refractivity contribution is 5.88. The van der Waals surface area contributed by atoms with E-state index in [4.69, 9.17) is 9.47 Å². The third-order valence-electron chi connectivity index (χ3n) is 7.56. The van der Waals surface area contributed by atoms with Crippen LogP contribution in [0.15, 0.2) is 43.0 Å². The van der Waals surface area contributed by atoms with Crippen LogP contribution < -0.4 is 5.32 Å². The molecule has 0 radical (unpaired) electrons. The molecule has 37 heavy (non-hydrogen) atoms. The van der Waals surface area contributed by atoms with E-state index in [1.807, 2.05) is 51.1 Å². The fourth-order valence-corrected chi connectivity index (χ4v) is 5.41. The molecule has 1 aliphatic carbocycles. The number of alkyl carbamates (subject to hydrolysis) is 1. The molecule has 4 atom stereocenters. The number of ether oxygens (including phenoxy) is 2. The average Bonchev–Trinajstić information content (AvgIpc) is 3.54. The Labute approximate surface area is 218 Å². The lowest BCUT2D eigenvalue weighted by Gasteiger charge is -2.45. The number of carbonyl (C=O) groups is 3. The highest BCUT2D eigenvalue weighted by atomic mass is 16.6. The maximum atomic E-state index is 14.0. The molecule has 1 saturated carbocycles. The van der Waals surface area contributed by atoms with E-state index < -0.39 is 35.3 Å². The number of nitrogens with one attached hydrogen (secondary N) is 1. The van der Waals surface area contributed by atoms with Crippen LogP contribution in [0.2, 0.25) is 0 Å². The second-order valence-corrected chi connectivity index (χ2v) is 11.2. The second kappa shape index (κ2) is 10.4. The zero-order valence-electron chi connectivity index (χ0n) is 21.8. The molecule has 1 aromatic rings. The zero-order valence-corrected chi connectivity index (χ0v) is 21.8. The largest absolute Gasteiger partial charge is 0.445 e. The van der Waals surface area contributed by atoms with Crippen molar-refractivity contribution in [2.75, 3.05) is 13.1 Å². The summed E-state index contributed by atoms with van der Waals surface area (Å²) in [5, 5.41) is 12.5. The minimum Gasteiger partial charge on any atom is -0.445 e. The third kappa shape index (κ3) is 5.90. The molecule has 3 fully saturated rings. The van der Waals surface area contributed by atoms with E-state index in [1.54, 1.807) is 15.9 Å². The number of piperidine rings is 2. The summed E-state index contributed by atoms with van der Waals surface area (Å²) in [5.74, 6) is 0.0480. The smallest absolute Gasteiger partial charge is 0.410 e. The molecule has 9 nitrogen and oxygen atoms in total. The van der Waals surface area contributed by atoms with Crippen molar-refractivity contribution in [1.82, 2.24) is 15.1 Å². The van der Waals surface area contributed by atoms with Crippen molar-refractivity contribution in [3.63, 3.8) is 0 Å². The summed E-state index contributed by atoms with van der Waals surface area (Å²) < 4.78 is 11.0. The monoisotopic (exact) mass is 508 g/mol. The molecule has 0 aromatic heterocycles. The SMILES string of the molecule is C=CC1([C@@H](NC(=O)OCc2ccccc2)C(=O)N2[C@H](C#N)C[C@@H]3C[C@@H]32)CCN(C(=O)OC(C)(C)C)CC1. The molecule has 198 valence electrons. The minimum atomic E-state index is -0.968. The molecule has 2 saturated heterocycles. The van der Waals surface area contributed by atoms with E-state index >= 15 is 0 Å². The van der Waals surface area contributed by atoms with Crippen LogP contribution in [0.1, 0.15) is 52.0 Å². The van der Waals surface area contributed by atoms with Crippen molar-refractivity contribution in [3.05, 3.63) is 48.6 Å². The third-order valence-corrected chi connectivity index (χ3v) is 7.56. The summed E-state index contributed by atoms with van der Waals surface area (Å²) in [5.41, 5.74) is -0.598. The Morgan fingerprint density at radius 1 is 1.22 bits per heavy atom. The topological polar surface area (TPSA) is 112 Å². The van der Waals surface area contributed by atoms with Gasteiger partial charge in [-0.05, 0) is 57.9 Å². The summed E-state index contributed by atoms with van der Waals surface area (Å²) >= 11 is 0. The van der Waals surface area contributed by atoms with Crippen LogP contribution in [0.25, 0.3) is 0 Å². The Morgan fingerprint density at radius 2 is 1.89 bits per heavy atom. The molecule has 0 bridgehead atoms. The summed E-state index contributed by atoms with van der Waals surface area (Å²) in [6, 6.07) is 10.1. The summed E-state index contributed by atoms with van der Waals surface area (Å²) in [6.45, 7) is 10.2. The predicted octanol–water partition coefficient (Wildman–Crippen LogP) is 4.00. The minimum absolute atomic E-state index is 0.0329. The standard InChI is InChI=1S/C28H36N4O5/c1-5-28(11-13-31(14-12-28)26(35)37-27(2,3)4)23(24(33)32-21(17-29)15-20-16-22(20)32)30-25(34)36-18-19-9-7-6-8-10-19/h5-10,20-23H,1,11-16,18H2,2-4H3,(H,30,34)/t20-,21+,22+,23+/m1/s1. The number of nitrogens with zero attached hydrogens (tertiary/aromatic N) is 3. The number of carbonyl (C=O) groups excluding carboxylic acids is 3. The van der Waals surface area contributed by atoms with E-state index in [1.165, 1.54) is 0 Å². The number of amides is 3. The van der Waals surface area contributed by atoms with Gasteiger partial charge in [0.2, 0.25) is 5.91 Å². The van der Waals surface area contributed by atoms with Gasteiger partial charge in [0, 0.05) is 24.5 Å². The first-order valence-electron chi connectivity index (χ1n) is 12.9. The molecular weight excluding hydrogens is 472 g/mol. The Balaban J connectivity index is 1.52. The number of likely N-dealkylation sites (tertiary alicyclic amines) is 2. The van der Waals surface area contributed by atoms with E-state index in [0.717, 1.165) is 12.0 Å². The van der Waals surface area contributed by atoms with E-state index in [9.17, 15) is 19.6 Å². The van der Waals surface area contributed by atoms with Crippen molar-refractivity contribution in [1.29, 1.82) is 5.26 Å². The van der Waals surface area contributed by atoms with Gasteiger partial charge in [-0.1, -0.05) is 36.4 Å². The summed E-state index contributed by atoms with van der Waals surface area (Å²) in [4.78, 5) is 42.8. The van der Waals surface area contributed by atoms with Crippen LogP contribution in [0.4, 0.5) is 9.59 Å². The second-order valence-electron chi connectivity index (χ2n) is 11.2. The number of benzene rings is 1. The lowest BCUT2D eigenvalue weighted by Crippen LogP contribution is -2.61. The van der Waals surface area contributed by atoms with Gasteiger partial charge in [0.05, 0.1) is 6.07 Å². The van der Waals surface area contributed by atoms with Crippen LogP contribution in [0, 0.1) is 22.7 Å². The molecular formula is C28H36N4O5. The quantitative estimate of drug-likeness (QED) is 0.582. The van der Waals surface area contributed by atoms with Crippen LogP contribution in [-0.2, 0) is 20.9 Å². The first kappa shape index (κ1) is 26.5. The summed E-state index contributed by atoms with van der Waals surface area (Å²) in [6.07, 6.45) is 2.94. The predicted molar refractivity (Wildman–Crippen MR) is 136 cm³/mol. The van der Waals surface area contributed by atoms with Gasteiger partial charge in [-0.2, -0.15) is 5.26 Å². The fourth-order valence-electron chi connectivity index (χ4n) is 5.41. The van der Waals surface area contributed by atoms with Crippen molar-refractivity contribution < 1.29 is 23.9 Å². The molecule has 4 rings (SSSR count). The highest BCUT2D eigenvalue weighted by Crippen LogP contribution is 2.49. The maximum absolute atomic E-state index is 14.0. The fraction of sp³-hybridized carbons (Fsp3) is 0.571. The molecule has 1 N–H and O–H groups in total. The number of nitriles is 1. The highest BCUT2D eigenvalue weighted by Gasteiger charge is 2.57. The van der Waals surface area contributed by atoms with E-state index in [2.05, 4.69) is 18.0 Å². The van der Waals surface area contributed by atoms with Crippen molar-refractivity contribution in [3.8, 4) is 6.07 Å². The molecule has 3 aliphatic rings. The number of hydrogen-bond donors (Lipinski definition) is 1. The van der Waals surface area contributed by atoms with E-state index in [-0.39, 0.29) is 18.6 Å². The van der Waals surface area contributed by atoms with Gasteiger partial charge in [-0.25, -0.2) is 9.59 Å². The Hall–Kier alpha value is -3.54. The lowest BCUT2D eigenvalue weighted by molar-refractivity contribution is -0.137. The van der Waals surface area contributed by atoms with Gasteiger partial charge in [0.1, 0.15) is 24.3 Å².